The molecule has 1 saturated carbocycles. The summed E-state index contributed by atoms with van der Waals surface area (Å²) in [5.41, 5.74) is 6.58. The summed E-state index contributed by atoms with van der Waals surface area (Å²) < 4.78 is 0. The largest absolute Gasteiger partial charge is 0.330 e. The van der Waals surface area contributed by atoms with Crippen molar-refractivity contribution in [2.75, 3.05) is 39.3 Å². The zero-order chi connectivity index (χ0) is 12.4. The highest BCUT2D eigenvalue weighted by atomic mass is 15.3. The van der Waals surface area contributed by atoms with Crippen molar-refractivity contribution in [2.45, 2.75) is 51.0 Å². The van der Waals surface area contributed by atoms with E-state index in [1.165, 1.54) is 77.7 Å². The third-order valence-corrected chi connectivity index (χ3v) is 5.58. The van der Waals surface area contributed by atoms with Crippen LogP contribution < -0.4 is 5.73 Å². The molecule has 0 spiro atoms. The lowest BCUT2D eigenvalue weighted by Gasteiger charge is -2.44. The van der Waals surface area contributed by atoms with E-state index in [1.807, 2.05) is 0 Å². The molecule has 18 heavy (non-hydrogen) atoms. The zero-order valence-corrected chi connectivity index (χ0v) is 11.7. The molecule has 3 nitrogen and oxygen atoms in total. The van der Waals surface area contributed by atoms with Crippen LogP contribution in [0.25, 0.3) is 0 Å². The molecule has 1 atom stereocenters. The number of hydrogen-bond acceptors (Lipinski definition) is 3. The van der Waals surface area contributed by atoms with Gasteiger partial charge in [-0.3, -0.25) is 9.80 Å². The normalized spacial score (nSPS) is 33.5. The first kappa shape index (κ1) is 12.9. The van der Waals surface area contributed by atoms with Crippen LogP contribution in [0.1, 0.15) is 44.9 Å². The van der Waals surface area contributed by atoms with Gasteiger partial charge in [0.1, 0.15) is 0 Å². The number of piperazine rings is 1. The van der Waals surface area contributed by atoms with Gasteiger partial charge in [-0.25, -0.2) is 0 Å². The molecule has 3 fully saturated rings. The van der Waals surface area contributed by atoms with Crippen molar-refractivity contribution in [1.29, 1.82) is 0 Å². The Morgan fingerprint density at radius 2 is 1.83 bits per heavy atom. The molecule has 1 unspecified atom stereocenters. The van der Waals surface area contributed by atoms with Crippen LogP contribution in [-0.2, 0) is 0 Å². The van der Waals surface area contributed by atoms with Crippen LogP contribution >= 0.6 is 0 Å². The number of hydrogen-bond donors (Lipinski definition) is 1. The van der Waals surface area contributed by atoms with Crippen LogP contribution in [0.5, 0.6) is 0 Å². The monoisotopic (exact) mass is 251 g/mol. The van der Waals surface area contributed by atoms with Gasteiger partial charge in [-0.15, -0.1) is 0 Å². The number of fused-ring (bicyclic) bond motifs is 1. The van der Waals surface area contributed by atoms with Gasteiger partial charge in [-0.05, 0) is 44.2 Å². The second kappa shape index (κ2) is 5.48. The van der Waals surface area contributed by atoms with E-state index in [0.29, 0.717) is 5.41 Å². The van der Waals surface area contributed by atoms with Crippen molar-refractivity contribution in [2.24, 2.45) is 11.1 Å². The Hall–Kier alpha value is -0.120. The molecule has 2 aliphatic heterocycles. The van der Waals surface area contributed by atoms with Crippen molar-refractivity contribution in [3.8, 4) is 0 Å². The highest BCUT2D eigenvalue weighted by Crippen LogP contribution is 2.36. The van der Waals surface area contributed by atoms with E-state index in [0.717, 1.165) is 12.6 Å². The van der Waals surface area contributed by atoms with Crippen LogP contribution in [0, 0.1) is 5.41 Å². The average molecular weight is 251 g/mol. The summed E-state index contributed by atoms with van der Waals surface area (Å²) in [6.07, 6.45) is 9.81. The Labute approximate surface area is 112 Å². The highest BCUT2D eigenvalue weighted by Gasteiger charge is 2.36. The van der Waals surface area contributed by atoms with Crippen molar-refractivity contribution in [3.05, 3.63) is 0 Å². The minimum atomic E-state index is 0.457. The Bertz CT molecular complexity index is 273. The molecule has 0 amide bonds. The standard InChI is InChI=1S/C15H29N3/c16-12-15(6-2-1-3-7-15)13-17-9-10-18-8-4-5-14(18)11-17/h14H,1-13,16H2. The molecule has 3 rings (SSSR count). The Morgan fingerprint density at radius 3 is 2.61 bits per heavy atom. The lowest BCUT2D eigenvalue weighted by atomic mass is 9.73. The summed E-state index contributed by atoms with van der Waals surface area (Å²) in [7, 11) is 0. The molecule has 104 valence electrons. The van der Waals surface area contributed by atoms with Gasteiger partial charge in [-0.1, -0.05) is 19.3 Å². The van der Waals surface area contributed by atoms with E-state index in [4.69, 9.17) is 5.73 Å². The van der Waals surface area contributed by atoms with E-state index < -0.39 is 0 Å². The maximum absolute atomic E-state index is 6.13. The third-order valence-electron chi connectivity index (χ3n) is 5.58. The minimum absolute atomic E-state index is 0.457. The lowest BCUT2D eigenvalue weighted by Crippen LogP contribution is -2.54. The summed E-state index contributed by atoms with van der Waals surface area (Å²) in [4.78, 5) is 5.43. The first-order valence-electron chi connectivity index (χ1n) is 7.98. The van der Waals surface area contributed by atoms with Crippen LogP contribution in [-0.4, -0.2) is 55.1 Å². The molecule has 0 aromatic carbocycles. The summed E-state index contributed by atoms with van der Waals surface area (Å²) in [5.74, 6) is 0. The summed E-state index contributed by atoms with van der Waals surface area (Å²) in [5, 5.41) is 0. The van der Waals surface area contributed by atoms with E-state index in [1.54, 1.807) is 0 Å². The van der Waals surface area contributed by atoms with Crippen LogP contribution in [0.3, 0.4) is 0 Å². The average Bonchev–Trinajstić information content (AvgIpc) is 2.87. The molecular formula is C15H29N3. The SMILES string of the molecule is NCC1(CN2CCN3CCCC3C2)CCCCC1. The second-order valence-electron chi connectivity index (χ2n) is 6.83. The van der Waals surface area contributed by atoms with Gasteiger partial charge in [0.15, 0.2) is 0 Å². The summed E-state index contributed by atoms with van der Waals surface area (Å²) in [6, 6.07) is 0.858. The van der Waals surface area contributed by atoms with Gasteiger partial charge >= 0.3 is 0 Å². The third kappa shape index (κ3) is 2.59. The Kier molecular flexibility index (Phi) is 3.92. The van der Waals surface area contributed by atoms with Crippen molar-refractivity contribution in [1.82, 2.24) is 9.80 Å². The van der Waals surface area contributed by atoms with Crippen LogP contribution in [0.15, 0.2) is 0 Å². The van der Waals surface area contributed by atoms with Gasteiger partial charge in [0, 0.05) is 32.2 Å². The van der Waals surface area contributed by atoms with Gasteiger partial charge in [0.25, 0.3) is 0 Å². The maximum Gasteiger partial charge on any atom is 0.0224 e. The Morgan fingerprint density at radius 1 is 1.00 bits per heavy atom. The number of rotatable bonds is 3. The van der Waals surface area contributed by atoms with E-state index in [2.05, 4.69) is 9.80 Å². The smallest absolute Gasteiger partial charge is 0.0224 e. The van der Waals surface area contributed by atoms with Gasteiger partial charge < -0.3 is 5.73 Å². The first-order valence-corrected chi connectivity index (χ1v) is 7.98. The van der Waals surface area contributed by atoms with Gasteiger partial charge in [-0.2, -0.15) is 0 Å². The van der Waals surface area contributed by atoms with Gasteiger partial charge in [0.2, 0.25) is 0 Å². The molecule has 0 bridgehead atoms. The first-order chi connectivity index (χ1) is 8.81. The second-order valence-corrected chi connectivity index (χ2v) is 6.83. The Balaban J connectivity index is 1.58. The number of nitrogens with two attached hydrogens (primary N) is 1. The molecule has 3 aliphatic rings. The quantitative estimate of drug-likeness (QED) is 0.828. The van der Waals surface area contributed by atoms with Crippen molar-refractivity contribution < 1.29 is 0 Å². The number of nitrogens with zero attached hydrogens (tertiary/aromatic N) is 2. The van der Waals surface area contributed by atoms with E-state index in [-0.39, 0.29) is 0 Å². The van der Waals surface area contributed by atoms with Gasteiger partial charge in [0.05, 0.1) is 0 Å². The molecular weight excluding hydrogens is 222 g/mol. The predicted octanol–water partition coefficient (Wildman–Crippen LogP) is 1.68. The molecule has 1 aliphatic carbocycles. The maximum atomic E-state index is 6.13. The van der Waals surface area contributed by atoms with E-state index in [9.17, 15) is 0 Å². The van der Waals surface area contributed by atoms with E-state index >= 15 is 0 Å². The molecule has 0 radical (unpaired) electrons. The van der Waals surface area contributed by atoms with Crippen LogP contribution in [0.4, 0.5) is 0 Å². The molecule has 2 N–H and O–H groups in total. The lowest BCUT2D eigenvalue weighted by molar-refractivity contribution is 0.0506. The molecule has 2 saturated heterocycles. The fourth-order valence-corrected chi connectivity index (χ4v) is 4.40. The van der Waals surface area contributed by atoms with Crippen LogP contribution in [0.2, 0.25) is 0 Å². The topological polar surface area (TPSA) is 32.5 Å². The molecule has 2 heterocycles. The molecule has 0 aromatic rings. The molecule has 0 aromatic heterocycles. The summed E-state index contributed by atoms with van der Waals surface area (Å²) in [6.45, 7) is 7.40. The fourth-order valence-electron chi connectivity index (χ4n) is 4.40. The minimum Gasteiger partial charge on any atom is -0.330 e. The molecule has 3 heteroatoms. The highest BCUT2D eigenvalue weighted by molar-refractivity contribution is 4.92. The van der Waals surface area contributed by atoms with Crippen molar-refractivity contribution in [3.63, 3.8) is 0 Å². The summed E-state index contributed by atoms with van der Waals surface area (Å²) >= 11 is 0. The zero-order valence-electron chi connectivity index (χ0n) is 11.7. The fraction of sp³-hybridized carbons (Fsp3) is 1.00. The van der Waals surface area contributed by atoms with Crippen molar-refractivity contribution >= 4 is 0 Å². The predicted molar refractivity (Wildman–Crippen MR) is 75.6 cm³/mol.